The van der Waals surface area contributed by atoms with Crippen molar-refractivity contribution < 1.29 is 17.9 Å². The van der Waals surface area contributed by atoms with Gasteiger partial charge in [0.25, 0.3) is 15.9 Å². The van der Waals surface area contributed by atoms with Gasteiger partial charge in [0.1, 0.15) is 8.85 Å². The minimum atomic E-state index is -3.50. The molecule has 1 aliphatic rings. The lowest BCUT2D eigenvalue weighted by molar-refractivity contribution is 0.0731. The fourth-order valence-corrected chi connectivity index (χ4v) is 5.46. The van der Waals surface area contributed by atoms with Crippen molar-refractivity contribution in [3.05, 3.63) is 45.5 Å². The molecule has 25 heavy (non-hydrogen) atoms. The third kappa shape index (κ3) is 4.15. The second kappa shape index (κ2) is 7.75. The molecule has 7 nitrogen and oxygen atoms in total. The van der Waals surface area contributed by atoms with Crippen molar-refractivity contribution in [3.8, 4) is 0 Å². The topological polar surface area (TPSA) is 91.5 Å². The number of sulfonamides is 1. The molecule has 0 atom stereocenters. The maximum Gasteiger partial charge on any atom is 0.254 e. The number of nitrogens with zero attached hydrogens (tertiary/aromatic N) is 1. The van der Waals surface area contributed by atoms with E-state index < -0.39 is 10.0 Å². The summed E-state index contributed by atoms with van der Waals surface area (Å²) in [5.74, 6) is -0.298. The number of hydrogen-bond donors (Lipinski definition) is 2. The van der Waals surface area contributed by atoms with Crippen molar-refractivity contribution in [2.45, 2.75) is 10.8 Å². The van der Waals surface area contributed by atoms with E-state index in [4.69, 9.17) is 17.0 Å². The Morgan fingerprint density at radius 2 is 2.08 bits per heavy atom. The first-order chi connectivity index (χ1) is 12.0. The fraction of sp³-hybridized carbons (Fsp3) is 0.333. The minimum Gasteiger partial charge on any atom is -0.379 e. The summed E-state index contributed by atoms with van der Waals surface area (Å²) >= 11 is 6.23. The summed E-state index contributed by atoms with van der Waals surface area (Å²) in [5, 5.41) is 2.76. The van der Waals surface area contributed by atoms with Crippen molar-refractivity contribution in [2.75, 3.05) is 26.3 Å². The highest BCUT2D eigenvalue weighted by Crippen LogP contribution is 2.25. The van der Waals surface area contributed by atoms with Gasteiger partial charge in [-0.15, -0.1) is 11.3 Å². The van der Waals surface area contributed by atoms with E-state index in [2.05, 4.69) is 10.3 Å². The number of aromatic nitrogens is 1. The van der Waals surface area contributed by atoms with Crippen LogP contribution in [0.3, 0.4) is 0 Å². The molecule has 1 amide bonds. The van der Waals surface area contributed by atoms with Crippen LogP contribution in [0.5, 0.6) is 0 Å². The number of pyridine rings is 1. The molecule has 3 heterocycles. The van der Waals surface area contributed by atoms with Gasteiger partial charge < -0.3 is 15.0 Å². The highest BCUT2D eigenvalue weighted by molar-refractivity contribution is 7.91. The van der Waals surface area contributed by atoms with E-state index in [1.807, 2.05) is 0 Å². The molecule has 0 bridgehead atoms. The van der Waals surface area contributed by atoms with E-state index >= 15 is 0 Å². The highest BCUT2D eigenvalue weighted by Gasteiger charge is 2.27. The van der Waals surface area contributed by atoms with Gasteiger partial charge in [0, 0.05) is 24.2 Å². The molecule has 2 N–H and O–H groups in total. The van der Waals surface area contributed by atoms with Crippen LogP contribution >= 0.6 is 23.6 Å². The Hall–Kier alpha value is -1.59. The summed E-state index contributed by atoms with van der Waals surface area (Å²) in [4.78, 5) is 15.7. The van der Waals surface area contributed by atoms with Crippen LogP contribution in [-0.2, 0) is 21.3 Å². The molecule has 1 fully saturated rings. The minimum absolute atomic E-state index is 0.242. The van der Waals surface area contributed by atoms with Gasteiger partial charge in [-0.3, -0.25) is 4.79 Å². The standard InChI is InChI=1S/C15H17N3O4S3/c19-14(12-2-1-5-16-15(12)23)17-10-11-3-4-13(24-11)25(20,21)18-6-8-22-9-7-18/h1-5H,6-10H2,(H,16,23)(H,17,19). The zero-order valence-electron chi connectivity index (χ0n) is 13.2. The summed E-state index contributed by atoms with van der Waals surface area (Å²) < 4.78 is 32.4. The van der Waals surface area contributed by atoms with E-state index in [1.165, 1.54) is 4.31 Å². The van der Waals surface area contributed by atoms with Crippen LogP contribution in [0.15, 0.2) is 34.7 Å². The highest BCUT2D eigenvalue weighted by atomic mass is 32.2. The first kappa shape index (κ1) is 18.2. The third-order valence-electron chi connectivity index (χ3n) is 3.69. The number of thiophene rings is 1. The maximum atomic E-state index is 12.6. The molecule has 2 aromatic heterocycles. The van der Waals surface area contributed by atoms with Crippen molar-refractivity contribution in [3.63, 3.8) is 0 Å². The van der Waals surface area contributed by atoms with E-state index in [-0.39, 0.29) is 16.7 Å². The second-order valence-corrected chi connectivity index (χ2v) is 9.07. The van der Waals surface area contributed by atoms with Gasteiger partial charge in [-0.05, 0) is 24.3 Å². The average molecular weight is 400 g/mol. The molecule has 0 unspecified atom stereocenters. The van der Waals surface area contributed by atoms with Gasteiger partial charge in [0.2, 0.25) is 0 Å². The molecule has 3 rings (SSSR count). The summed E-state index contributed by atoms with van der Waals surface area (Å²) in [6, 6.07) is 6.62. The number of ether oxygens (including phenoxy) is 1. The Bertz CT molecular complexity index is 914. The molecular formula is C15H17N3O4S3. The van der Waals surface area contributed by atoms with Gasteiger partial charge in [0.15, 0.2) is 0 Å². The number of hydrogen-bond acceptors (Lipinski definition) is 6. The summed E-state index contributed by atoms with van der Waals surface area (Å²) in [5.41, 5.74) is 0.384. The number of amides is 1. The molecule has 0 spiro atoms. The maximum absolute atomic E-state index is 12.6. The van der Waals surface area contributed by atoms with Crippen molar-refractivity contribution in [1.82, 2.24) is 14.6 Å². The predicted molar refractivity (Wildman–Crippen MR) is 96.7 cm³/mol. The van der Waals surface area contributed by atoms with Crippen molar-refractivity contribution in [1.29, 1.82) is 0 Å². The van der Waals surface area contributed by atoms with E-state index in [0.29, 0.717) is 36.5 Å². The number of carbonyl (C=O) groups is 1. The Morgan fingerprint density at radius 3 is 2.80 bits per heavy atom. The average Bonchev–Trinajstić information content (AvgIpc) is 3.11. The Kier molecular flexibility index (Phi) is 5.64. The van der Waals surface area contributed by atoms with Gasteiger partial charge in [-0.25, -0.2) is 8.42 Å². The molecule has 10 heteroatoms. The SMILES string of the molecule is O=C(NCc1ccc(S(=O)(=O)N2CCOCC2)s1)c1ccc[nH]c1=S. The zero-order valence-corrected chi connectivity index (χ0v) is 15.7. The molecule has 1 aliphatic heterocycles. The van der Waals surface area contributed by atoms with Crippen LogP contribution in [0.1, 0.15) is 15.2 Å². The van der Waals surface area contributed by atoms with Crippen LogP contribution in [0.25, 0.3) is 0 Å². The zero-order chi connectivity index (χ0) is 17.9. The summed E-state index contributed by atoms with van der Waals surface area (Å²) in [6.45, 7) is 1.78. The monoisotopic (exact) mass is 399 g/mol. The number of nitrogens with one attached hydrogen (secondary N) is 2. The molecule has 0 aliphatic carbocycles. The van der Waals surface area contributed by atoms with E-state index in [0.717, 1.165) is 16.2 Å². The predicted octanol–water partition coefficient (Wildman–Crippen LogP) is 1.76. The molecule has 134 valence electrons. The Labute approximate surface area is 154 Å². The van der Waals surface area contributed by atoms with Crippen LogP contribution in [0, 0.1) is 4.64 Å². The normalized spacial score (nSPS) is 15.8. The van der Waals surface area contributed by atoms with Crippen molar-refractivity contribution in [2.24, 2.45) is 0 Å². The third-order valence-corrected chi connectivity index (χ3v) is 7.48. The molecule has 0 saturated carbocycles. The van der Waals surface area contributed by atoms with E-state index in [1.54, 1.807) is 30.5 Å². The largest absolute Gasteiger partial charge is 0.379 e. The summed E-state index contributed by atoms with van der Waals surface area (Å²) in [6.07, 6.45) is 1.65. The molecule has 0 radical (unpaired) electrons. The number of carbonyl (C=O) groups excluding carboxylic acids is 1. The number of H-pyrrole nitrogens is 1. The van der Waals surface area contributed by atoms with Crippen LogP contribution in [-0.4, -0.2) is 49.9 Å². The lowest BCUT2D eigenvalue weighted by Gasteiger charge is -2.25. The van der Waals surface area contributed by atoms with E-state index in [9.17, 15) is 13.2 Å². The fourth-order valence-electron chi connectivity index (χ4n) is 2.37. The summed E-state index contributed by atoms with van der Waals surface area (Å²) in [7, 11) is -3.50. The van der Waals surface area contributed by atoms with Crippen molar-refractivity contribution >= 4 is 39.5 Å². The first-order valence-corrected chi connectivity index (χ1v) is 10.3. The lowest BCUT2D eigenvalue weighted by atomic mass is 10.2. The first-order valence-electron chi connectivity index (χ1n) is 7.61. The quantitative estimate of drug-likeness (QED) is 0.748. The van der Waals surface area contributed by atoms with Gasteiger partial charge in [-0.2, -0.15) is 4.31 Å². The number of rotatable bonds is 5. The smallest absolute Gasteiger partial charge is 0.254 e. The number of morpholine rings is 1. The van der Waals surface area contributed by atoms with Crippen LogP contribution in [0.4, 0.5) is 0 Å². The molecule has 0 aromatic carbocycles. The molecule has 1 saturated heterocycles. The van der Waals surface area contributed by atoms with Crippen LogP contribution < -0.4 is 5.32 Å². The molecule has 2 aromatic rings. The molecular weight excluding hydrogens is 382 g/mol. The second-order valence-electron chi connectivity index (χ2n) is 5.33. The lowest BCUT2D eigenvalue weighted by Crippen LogP contribution is -2.40. The van der Waals surface area contributed by atoms with Gasteiger partial charge in [0.05, 0.1) is 25.3 Å². The van der Waals surface area contributed by atoms with Gasteiger partial charge >= 0.3 is 0 Å². The Balaban J connectivity index is 1.67. The van der Waals surface area contributed by atoms with Gasteiger partial charge in [-0.1, -0.05) is 12.2 Å². The Morgan fingerprint density at radius 1 is 1.32 bits per heavy atom. The van der Waals surface area contributed by atoms with Crippen LogP contribution in [0.2, 0.25) is 0 Å². The number of aromatic amines is 1.